The highest BCUT2D eigenvalue weighted by molar-refractivity contribution is 6.10. The molecule has 5 aliphatic heterocycles. The molecule has 1 aromatic heterocycles. The summed E-state index contributed by atoms with van der Waals surface area (Å²) in [6.07, 6.45) is 2.80. The number of nitrogens with two attached hydrogens (primary N) is 4. The number of carbonyl (C=O) groups excluding carboxylic acids is 12. The zero-order chi connectivity index (χ0) is 94.1. The maximum Gasteiger partial charge on any atom is 0.336 e. The van der Waals surface area contributed by atoms with Crippen LogP contribution in [0.3, 0.4) is 0 Å². The van der Waals surface area contributed by atoms with Gasteiger partial charge in [-0.15, -0.1) is 0 Å². The lowest BCUT2D eigenvalue weighted by Crippen LogP contribution is -2.55. The van der Waals surface area contributed by atoms with Crippen molar-refractivity contribution >= 4 is 151 Å². The number of aliphatic hydroxyl groups is 1. The first kappa shape index (κ1) is 93.8. The topological polar surface area (TPSA) is 654 Å². The minimum Gasteiger partial charge on any atom is -0.508 e. The number of phenolic OH excluding ortho intramolecular Hbond substituents is 1. The van der Waals surface area contributed by atoms with E-state index in [2.05, 4.69) is 74.4 Å². The Morgan fingerprint density at radius 3 is 1.61 bits per heavy atom. The van der Waals surface area contributed by atoms with E-state index in [1.807, 2.05) is 16.7 Å². The molecule has 5 atom stereocenters. The van der Waals surface area contributed by atoms with Gasteiger partial charge in [0.15, 0.2) is 11.4 Å². The number of aromatic carboxylic acids is 1. The smallest absolute Gasteiger partial charge is 0.336 e. The van der Waals surface area contributed by atoms with Crippen LogP contribution in [0, 0.1) is 23.2 Å². The monoisotopic (exact) mass is 1810 g/mol. The molecule has 0 unspecified atom stereocenters. The highest BCUT2D eigenvalue weighted by atomic mass is 16.4. The zero-order valence-electron chi connectivity index (χ0n) is 72.0. The normalized spacial score (nSPS) is 17.2. The molecule has 2 saturated heterocycles. The van der Waals surface area contributed by atoms with Gasteiger partial charge in [-0.25, -0.2) is 4.79 Å². The number of aromatic nitrogens is 3. The Hall–Kier alpha value is -15.9. The number of guanidine groups is 1. The van der Waals surface area contributed by atoms with Crippen LogP contribution in [0.1, 0.15) is 141 Å². The van der Waals surface area contributed by atoms with E-state index in [0.29, 0.717) is 53.4 Å². The number of hydrogen-bond acceptors (Lipinski definition) is 27. The first-order chi connectivity index (χ1) is 63.4. The number of amides is 12. The lowest BCUT2D eigenvalue weighted by atomic mass is 9.90. The molecule has 690 valence electrons. The van der Waals surface area contributed by atoms with Crippen molar-refractivity contribution < 1.29 is 82.1 Å². The van der Waals surface area contributed by atoms with E-state index in [1.54, 1.807) is 37.3 Å². The fourth-order valence-corrected chi connectivity index (χ4v) is 15.9. The number of unbranched alkanes of at least 4 members (excludes halogenated alkanes) is 1. The maximum absolute atomic E-state index is 14.6. The third kappa shape index (κ3) is 23.2. The molecule has 6 heterocycles. The van der Waals surface area contributed by atoms with Gasteiger partial charge >= 0.3 is 5.97 Å². The molecular formula is C90H102N24O18. The molecule has 13 rings (SSSR count). The third-order valence-electron chi connectivity index (χ3n) is 23.3. The number of carboxylic acid groups (broad SMARTS) is 1. The van der Waals surface area contributed by atoms with E-state index < -0.39 is 138 Å². The molecule has 42 heteroatoms. The molecule has 0 spiro atoms. The summed E-state index contributed by atoms with van der Waals surface area (Å²) in [5.74, 6) is -11.2. The van der Waals surface area contributed by atoms with Gasteiger partial charge in [0.1, 0.15) is 41.3 Å². The highest BCUT2D eigenvalue weighted by Crippen LogP contribution is 2.43. The van der Waals surface area contributed by atoms with Crippen molar-refractivity contribution in [1.29, 1.82) is 5.41 Å². The molecular weight excluding hydrogens is 1710 g/mol. The maximum atomic E-state index is 14.6. The van der Waals surface area contributed by atoms with E-state index in [1.165, 1.54) is 97.1 Å². The summed E-state index contributed by atoms with van der Waals surface area (Å²) in [6.45, 7) is 2.98. The van der Waals surface area contributed by atoms with Gasteiger partial charge in [0.25, 0.3) is 11.8 Å². The number of nitrogens with one attached hydrogen (secondary N) is 15. The van der Waals surface area contributed by atoms with E-state index in [9.17, 15) is 82.4 Å². The van der Waals surface area contributed by atoms with Crippen LogP contribution in [0.15, 0.2) is 137 Å². The zero-order valence-corrected chi connectivity index (χ0v) is 72.0. The number of aromatic hydroxyl groups is 1. The number of anilines is 10. The van der Waals surface area contributed by atoms with Crippen LogP contribution in [0.2, 0.25) is 0 Å². The molecule has 0 radical (unpaired) electrons. The van der Waals surface area contributed by atoms with Crippen LogP contribution < -0.4 is 113 Å². The van der Waals surface area contributed by atoms with Gasteiger partial charge in [0.2, 0.25) is 76.9 Å². The van der Waals surface area contributed by atoms with Crippen LogP contribution in [0.4, 0.5) is 57.7 Å². The Morgan fingerprint density at radius 2 is 1.08 bits per heavy atom. The second-order valence-corrected chi connectivity index (χ2v) is 32.4. The summed E-state index contributed by atoms with van der Waals surface area (Å²) in [6, 6.07) is 25.6. The van der Waals surface area contributed by atoms with Crippen molar-refractivity contribution in [2.75, 3.05) is 106 Å². The van der Waals surface area contributed by atoms with Crippen molar-refractivity contribution in [3.8, 4) is 28.2 Å². The highest BCUT2D eigenvalue weighted by Gasteiger charge is 2.36. The molecule has 0 saturated carbocycles. The summed E-state index contributed by atoms with van der Waals surface area (Å²) in [7, 11) is 0. The standard InChI is InChI=1S/C90H102N24O18/c1-3-45(2)75-85(129)105-66(8-6-28-96-87(94)95)83(127)107-68-34-49(77(93)121)10-12-51(68)41-98-64-22-15-53(37-62(64)81(125)109-75)102-73(119)43-100-79(123)47-25-31-114(32-26-47)90-111-88(103-54-13-18-57(60(35-54)86(130)131)74-58-19-16-55(116)38-70(58)132-71-39-56(117)17-20-59(71)74)110-89(112-90)113-29-23-46(24-30-113)78(122)99-42-72(118)101-52-14-21-63-61(36-52)80(124)108-69(44-115)84(128)104-65(7-4-5-27-91)82(126)106-67-33-48(76(92)120)9-11-50(67)40-97-63/h9-22,33-39,45-47,65-66,69,75,97-98,115-116H,3-8,23-32,40-44,91H2,1-2H3,(H2,92,120)(H2,93,121)(H,99,122)(H,100,123)(H,101,118)(H,102,119)(H,104,128)(H,105,129)(H,106,126)(H,107,127)(H,108,124)(H,109,125)(H,130,131)(H4,94,95,96)(H,103,110,111,112)/t45-,65-,66-,69-,75-/m0/s1. The molecule has 0 bridgehead atoms. The number of fused-ring (bicyclic) bond motifs is 6. The quantitative estimate of drug-likeness (QED) is 0.0151. The number of benzene rings is 7. The van der Waals surface area contributed by atoms with Gasteiger partial charge in [-0.05, 0) is 184 Å². The minimum atomic E-state index is -1.55. The Bertz CT molecular complexity index is 6030. The van der Waals surface area contributed by atoms with Gasteiger partial charge in [0, 0.05) is 137 Å². The van der Waals surface area contributed by atoms with Crippen LogP contribution >= 0.6 is 0 Å². The molecule has 42 nitrogen and oxygen atoms in total. The summed E-state index contributed by atoms with van der Waals surface area (Å²) < 4.78 is 6.05. The minimum absolute atomic E-state index is 0.00670. The first-order valence-corrected chi connectivity index (χ1v) is 43.0. The molecule has 6 aliphatic rings. The largest absolute Gasteiger partial charge is 0.508 e. The van der Waals surface area contributed by atoms with Crippen LogP contribution in [-0.2, 0) is 51.4 Å². The lowest BCUT2D eigenvalue weighted by molar-refractivity contribution is -0.128. The summed E-state index contributed by atoms with van der Waals surface area (Å²) in [4.78, 5) is 209. The third-order valence-corrected chi connectivity index (χ3v) is 23.3. The van der Waals surface area contributed by atoms with Crippen molar-refractivity contribution in [3.05, 3.63) is 177 Å². The molecule has 6 aromatic carbocycles. The number of phenols is 1. The first-order valence-electron chi connectivity index (χ1n) is 43.0. The summed E-state index contributed by atoms with van der Waals surface area (Å²) >= 11 is 0. The average Bonchev–Trinajstić information content (AvgIpc) is 0.744. The number of piperidine rings is 2. The lowest BCUT2D eigenvalue weighted by Gasteiger charge is -2.34. The van der Waals surface area contributed by atoms with Crippen LogP contribution in [-0.4, -0.2) is 196 Å². The number of rotatable bonds is 27. The van der Waals surface area contributed by atoms with Crippen molar-refractivity contribution in [1.82, 2.24) is 52.2 Å². The predicted octanol–water partition coefficient (Wildman–Crippen LogP) is 3.76. The Kier molecular flexibility index (Phi) is 30.1. The van der Waals surface area contributed by atoms with Crippen molar-refractivity contribution in [2.24, 2.45) is 40.7 Å². The van der Waals surface area contributed by atoms with E-state index in [-0.39, 0.29) is 210 Å². The number of primary amides is 2. The number of aliphatic hydroxyl groups excluding tert-OH is 1. The number of hydrogen-bond donors (Lipinski definition) is 22. The van der Waals surface area contributed by atoms with Gasteiger partial charge < -0.3 is 127 Å². The summed E-state index contributed by atoms with van der Waals surface area (Å²) in [5, 5.41) is 79.3. The fourth-order valence-electron chi connectivity index (χ4n) is 15.9. The number of carbonyl (C=O) groups is 13. The molecule has 1 aliphatic carbocycles. The Balaban J connectivity index is 0.691. The number of nitrogens with zero attached hydrogens (tertiary/aromatic N) is 5. The number of carboxylic acids is 1. The molecule has 26 N–H and O–H groups in total. The average molecular weight is 1810 g/mol. The summed E-state index contributed by atoms with van der Waals surface area (Å²) in [5.41, 5.74) is 25.4. The van der Waals surface area contributed by atoms with Crippen molar-refractivity contribution in [3.63, 3.8) is 0 Å². The fraction of sp³-hybridized carbons (Fsp3) is 0.333. The molecule has 12 amide bonds. The van der Waals surface area contributed by atoms with E-state index >= 15 is 0 Å². The van der Waals surface area contributed by atoms with E-state index in [4.69, 9.17) is 47.7 Å². The Labute approximate surface area is 754 Å². The van der Waals surface area contributed by atoms with Crippen molar-refractivity contribution in [2.45, 2.75) is 115 Å². The van der Waals surface area contributed by atoms with Gasteiger partial charge in [-0.1, -0.05) is 38.5 Å². The second-order valence-electron chi connectivity index (χ2n) is 32.4. The Morgan fingerprint density at radius 1 is 0.553 bits per heavy atom. The van der Waals surface area contributed by atoms with Gasteiger partial charge in [-0.2, -0.15) is 15.0 Å². The van der Waals surface area contributed by atoms with Gasteiger partial charge in [0.05, 0.1) is 36.4 Å². The van der Waals surface area contributed by atoms with Gasteiger partial charge in [-0.3, -0.25) is 67.7 Å². The van der Waals surface area contributed by atoms with E-state index in [0.717, 1.165) is 0 Å². The molecule has 132 heavy (non-hydrogen) atoms. The van der Waals surface area contributed by atoms with Crippen LogP contribution in [0.25, 0.3) is 33.4 Å². The SMILES string of the molecule is CC[C@H](C)[C@@H]1NC(=O)c2cc(NC(=O)CNC(=O)C3CCN(c4nc(Nc5ccc(-c6c7ccc(=O)cc-7oc7cc(O)ccc67)c(C(=O)O)c5)nc(N5CCC(C(=O)NCC(=O)Nc6ccc7c(c6)C(=O)N[C@@H](CO)C(=O)N[C@@H](CCCCN)C(=O)Nc6cc(C(N)=O)ccc6CN7)CC5)n4)CC3)ccc2NCc2ccc(C(N)=O)cc2NC(=O)[C@H](CCCNC(=N)N)NC1=O. The second kappa shape index (κ2) is 42.4. The predicted molar refractivity (Wildman–Crippen MR) is 489 cm³/mol. The van der Waals surface area contributed by atoms with Crippen LogP contribution in [0.5, 0.6) is 5.75 Å². The molecule has 7 aromatic rings. The molecule has 2 fully saturated rings.